The van der Waals surface area contributed by atoms with Gasteiger partial charge in [-0.25, -0.2) is 4.79 Å². The van der Waals surface area contributed by atoms with Crippen molar-refractivity contribution in [1.82, 2.24) is 0 Å². The number of nitriles is 1. The Labute approximate surface area is 176 Å². The van der Waals surface area contributed by atoms with Gasteiger partial charge >= 0.3 is 5.97 Å². The molecule has 0 bridgehead atoms. The highest BCUT2D eigenvalue weighted by Gasteiger charge is 2.16. The number of benzene rings is 2. The Hall–Kier alpha value is -3.83. The normalized spacial score (nSPS) is 12.0. The lowest BCUT2D eigenvalue weighted by Gasteiger charge is -2.18. The summed E-state index contributed by atoms with van der Waals surface area (Å²) in [6.07, 6.45) is 0. The molecule has 30 heavy (non-hydrogen) atoms. The Bertz CT molecular complexity index is 1150. The van der Waals surface area contributed by atoms with Gasteiger partial charge in [-0.05, 0) is 54.1 Å². The monoisotopic (exact) mass is 420 g/mol. The van der Waals surface area contributed by atoms with Gasteiger partial charge in [0.15, 0.2) is 18.1 Å². The number of hydrogen-bond acceptors (Lipinski definition) is 7. The molecule has 0 atom stereocenters. The first kappa shape index (κ1) is 19.5. The molecule has 0 spiro atoms. The molecule has 1 aliphatic heterocycles. The number of carbonyl (C=O) groups is 2. The number of anilines is 1. The van der Waals surface area contributed by atoms with Crippen LogP contribution in [0.4, 0.5) is 5.69 Å². The van der Waals surface area contributed by atoms with Gasteiger partial charge in [-0.1, -0.05) is 6.07 Å². The first-order valence-electron chi connectivity index (χ1n) is 9.09. The molecule has 0 radical (unpaired) electrons. The number of fused-ring (bicyclic) bond motifs is 1. The number of carbonyl (C=O) groups excluding carboxylic acids is 2. The fraction of sp³-hybridized carbons (Fsp3) is 0.136. The number of rotatable bonds is 5. The molecule has 3 aromatic rings. The van der Waals surface area contributed by atoms with Crippen LogP contribution in [0.15, 0.2) is 54.6 Å². The van der Waals surface area contributed by atoms with E-state index in [0.29, 0.717) is 40.8 Å². The van der Waals surface area contributed by atoms with Crippen molar-refractivity contribution in [3.8, 4) is 28.0 Å². The van der Waals surface area contributed by atoms with Gasteiger partial charge in [0, 0.05) is 10.6 Å². The molecule has 0 saturated carbocycles. The van der Waals surface area contributed by atoms with E-state index in [4.69, 9.17) is 19.5 Å². The molecule has 1 amide bonds. The van der Waals surface area contributed by atoms with Crippen LogP contribution < -0.4 is 14.8 Å². The molecular weight excluding hydrogens is 404 g/mol. The van der Waals surface area contributed by atoms with Crippen LogP contribution in [0.1, 0.15) is 15.2 Å². The molecule has 0 fully saturated rings. The highest BCUT2D eigenvalue weighted by Crippen LogP contribution is 2.37. The molecule has 1 N–H and O–H groups in total. The van der Waals surface area contributed by atoms with E-state index in [1.165, 1.54) is 11.3 Å². The van der Waals surface area contributed by atoms with Gasteiger partial charge in [0.2, 0.25) is 0 Å². The van der Waals surface area contributed by atoms with Crippen molar-refractivity contribution in [2.75, 3.05) is 25.1 Å². The van der Waals surface area contributed by atoms with Crippen molar-refractivity contribution in [2.45, 2.75) is 0 Å². The number of thiophene rings is 1. The van der Waals surface area contributed by atoms with Crippen LogP contribution in [0, 0.1) is 11.3 Å². The summed E-state index contributed by atoms with van der Waals surface area (Å²) >= 11 is 1.27. The quantitative estimate of drug-likeness (QED) is 0.630. The van der Waals surface area contributed by atoms with E-state index in [1.807, 2.05) is 30.3 Å². The van der Waals surface area contributed by atoms with E-state index in [-0.39, 0.29) is 0 Å². The topological polar surface area (TPSA) is 97.7 Å². The molecule has 150 valence electrons. The third kappa shape index (κ3) is 4.42. The molecule has 2 aromatic carbocycles. The molecule has 4 rings (SSSR count). The fourth-order valence-corrected chi connectivity index (χ4v) is 3.76. The Balaban J connectivity index is 1.36. The molecule has 0 aliphatic carbocycles. The SMILES string of the molecule is N#Cc1cccc(NC(=O)COC(=O)c2ccc(-c3ccc4c(c3)OCCO4)s2)c1. The van der Waals surface area contributed by atoms with Crippen LogP contribution in [0.25, 0.3) is 10.4 Å². The molecule has 8 heteroatoms. The number of nitrogens with zero attached hydrogens (tertiary/aromatic N) is 1. The van der Waals surface area contributed by atoms with Gasteiger partial charge < -0.3 is 19.5 Å². The lowest BCUT2D eigenvalue weighted by molar-refractivity contribution is -0.119. The maximum Gasteiger partial charge on any atom is 0.348 e. The average molecular weight is 420 g/mol. The maximum atomic E-state index is 12.3. The third-order valence-corrected chi connectivity index (χ3v) is 5.36. The summed E-state index contributed by atoms with van der Waals surface area (Å²) in [5.74, 6) is 0.313. The van der Waals surface area contributed by atoms with Crippen molar-refractivity contribution >= 4 is 28.9 Å². The number of esters is 1. The van der Waals surface area contributed by atoms with Gasteiger partial charge in [0.25, 0.3) is 5.91 Å². The van der Waals surface area contributed by atoms with E-state index in [9.17, 15) is 9.59 Å². The lowest BCUT2D eigenvalue weighted by atomic mass is 10.1. The number of hydrogen-bond donors (Lipinski definition) is 1. The molecule has 1 aromatic heterocycles. The number of ether oxygens (including phenoxy) is 3. The van der Waals surface area contributed by atoms with E-state index in [2.05, 4.69) is 5.32 Å². The summed E-state index contributed by atoms with van der Waals surface area (Å²) in [7, 11) is 0. The van der Waals surface area contributed by atoms with Gasteiger partial charge in [0.05, 0.1) is 11.6 Å². The van der Waals surface area contributed by atoms with Crippen molar-refractivity contribution in [3.63, 3.8) is 0 Å². The van der Waals surface area contributed by atoms with Gasteiger partial charge in [-0.3, -0.25) is 4.79 Å². The van der Waals surface area contributed by atoms with Crippen LogP contribution >= 0.6 is 11.3 Å². The Morgan fingerprint density at radius 2 is 1.90 bits per heavy atom. The van der Waals surface area contributed by atoms with Crippen molar-refractivity contribution in [1.29, 1.82) is 5.26 Å². The molecule has 0 saturated heterocycles. The zero-order valence-corrected chi connectivity index (χ0v) is 16.5. The predicted octanol–water partition coefficient (Wildman–Crippen LogP) is 3.85. The van der Waals surface area contributed by atoms with E-state index in [1.54, 1.807) is 30.3 Å². The molecular formula is C22H16N2O5S. The van der Waals surface area contributed by atoms with Crippen LogP contribution in [0.3, 0.4) is 0 Å². The average Bonchev–Trinajstić information content (AvgIpc) is 3.28. The predicted molar refractivity (Wildman–Crippen MR) is 111 cm³/mol. The van der Waals surface area contributed by atoms with E-state index >= 15 is 0 Å². The van der Waals surface area contributed by atoms with E-state index in [0.717, 1.165) is 10.4 Å². The fourth-order valence-electron chi connectivity index (χ4n) is 2.87. The second-order valence-corrected chi connectivity index (χ2v) is 7.42. The minimum Gasteiger partial charge on any atom is -0.486 e. The summed E-state index contributed by atoms with van der Waals surface area (Å²) < 4.78 is 16.2. The highest BCUT2D eigenvalue weighted by molar-refractivity contribution is 7.17. The lowest BCUT2D eigenvalue weighted by Crippen LogP contribution is -2.20. The first-order chi connectivity index (χ1) is 14.6. The van der Waals surface area contributed by atoms with Crippen molar-refractivity contribution < 1.29 is 23.8 Å². The highest BCUT2D eigenvalue weighted by atomic mass is 32.1. The minimum atomic E-state index is -0.579. The summed E-state index contributed by atoms with van der Waals surface area (Å²) in [6, 6.07) is 17.6. The maximum absolute atomic E-state index is 12.3. The summed E-state index contributed by atoms with van der Waals surface area (Å²) in [5, 5.41) is 11.5. The van der Waals surface area contributed by atoms with Crippen molar-refractivity contribution in [3.05, 3.63) is 65.0 Å². The van der Waals surface area contributed by atoms with Gasteiger partial charge in [-0.2, -0.15) is 5.26 Å². The standard InChI is InChI=1S/C22H16N2O5S/c23-12-14-2-1-3-16(10-14)24-21(25)13-29-22(26)20-7-6-19(30-20)15-4-5-17-18(11-15)28-9-8-27-17/h1-7,10-11H,8-9,13H2,(H,24,25). The van der Waals surface area contributed by atoms with E-state index < -0.39 is 18.5 Å². The zero-order valence-electron chi connectivity index (χ0n) is 15.7. The van der Waals surface area contributed by atoms with Crippen LogP contribution in [-0.4, -0.2) is 31.7 Å². The third-order valence-electron chi connectivity index (χ3n) is 4.24. The van der Waals surface area contributed by atoms with Crippen LogP contribution in [-0.2, 0) is 9.53 Å². The number of amides is 1. The smallest absolute Gasteiger partial charge is 0.348 e. The van der Waals surface area contributed by atoms with Gasteiger partial charge in [0.1, 0.15) is 18.1 Å². The molecule has 1 aliphatic rings. The summed E-state index contributed by atoms with van der Waals surface area (Å²) in [4.78, 5) is 25.6. The summed E-state index contributed by atoms with van der Waals surface area (Å²) in [6.45, 7) is 0.604. The second kappa shape index (κ2) is 8.68. The van der Waals surface area contributed by atoms with Crippen LogP contribution in [0.5, 0.6) is 11.5 Å². The Morgan fingerprint density at radius 1 is 1.07 bits per heavy atom. The first-order valence-corrected chi connectivity index (χ1v) is 9.91. The van der Waals surface area contributed by atoms with Gasteiger partial charge in [-0.15, -0.1) is 11.3 Å². The van der Waals surface area contributed by atoms with Crippen LogP contribution in [0.2, 0.25) is 0 Å². The van der Waals surface area contributed by atoms with Crippen molar-refractivity contribution in [2.24, 2.45) is 0 Å². The Kier molecular flexibility index (Phi) is 5.63. The number of nitrogens with one attached hydrogen (secondary N) is 1. The Morgan fingerprint density at radius 3 is 2.73 bits per heavy atom. The molecule has 7 nitrogen and oxygen atoms in total. The summed E-state index contributed by atoms with van der Waals surface area (Å²) in [5.41, 5.74) is 1.79. The largest absolute Gasteiger partial charge is 0.486 e. The minimum absolute atomic E-state index is 0.388. The molecule has 0 unspecified atom stereocenters. The zero-order chi connectivity index (χ0) is 20.9. The molecule has 2 heterocycles. The second-order valence-electron chi connectivity index (χ2n) is 6.34.